The Hall–Kier alpha value is -1.74. The molecule has 0 saturated carbocycles. The Morgan fingerprint density at radius 2 is 2.17 bits per heavy atom. The average molecular weight is 366 g/mol. The summed E-state index contributed by atoms with van der Waals surface area (Å²) in [6.07, 6.45) is -3.66. The number of anilines is 1. The Labute approximate surface area is 138 Å². The van der Waals surface area contributed by atoms with Crippen LogP contribution in [-0.2, 0) is 11.0 Å². The van der Waals surface area contributed by atoms with Gasteiger partial charge < -0.3 is 9.84 Å². The lowest BCUT2D eigenvalue weighted by Gasteiger charge is -2.08. The lowest BCUT2D eigenvalue weighted by molar-refractivity contribution is -0.137. The molecule has 0 aliphatic heterocycles. The van der Waals surface area contributed by atoms with Crippen LogP contribution in [0.15, 0.2) is 27.9 Å². The third-order valence-electron chi connectivity index (χ3n) is 2.60. The fraction of sp³-hybridized carbons (Fsp3) is 0.308. The molecule has 0 aliphatic rings. The molecule has 10 heteroatoms. The number of aromatic nitrogens is 2. The maximum absolute atomic E-state index is 12.5. The van der Waals surface area contributed by atoms with E-state index in [9.17, 15) is 18.0 Å². The second-order valence-electron chi connectivity index (χ2n) is 4.48. The molecule has 0 aromatic carbocycles. The molecule has 0 atom stereocenters. The Bertz CT molecular complexity index is 706. The molecule has 1 amide bonds. The van der Waals surface area contributed by atoms with Crippen LogP contribution < -0.4 is 5.32 Å². The molecule has 0 unspecified atom stereocenters. The summed E-state index contributed by atoms with van der Waals surface area (Å²) >= 11 is 6.87. The van der Waals surface area contributed by atoms with E-state index >= 15 is 0 Å². The zero-order valence-electron chi connectivity index (χ0n) is 11.8. The molecule has 2 rings (SSSR count). The van der Waals surface area contributed by atoms with Crippen LogP contribution >= 0.6 is 23.4 Å². The molecule has 0 radical (unpaired) electrons. The third-order valence-corrected chi connectivity index (χ3v) is 4.01. The molecule has 23 heavy (non-hydrogen) atoms. The predicted molar refractivity (Wildman–Crippen MR) is 79.5 cm³/mol. The number of hydrogen-bond donors (Lipinski definition) is 1. The van der Waals surface area contributed by atoms with Gasteiger partial charge in [0.25, 0.3) is 0 Å². The molecule has 0 fully saturated rings. The second kappa shape index (κ2) is 7.22. The van der Waals surface area contributed by atoms with E-state index in [4.69, 9.17) is 16.1 Å². The van der Waals surface area contributed by atoms with E-state index in [0.717, 1.165) is 17.8 Å². The van der Waals surface area contributed by atoms with Crippen LogP contribution in [0.3, 0.4) is 0 Å². The van der Waals surface area contributed by atoms with E-state index < -0.39 is 11.7 Å². The van der Waals surface area contributed by atoms with Gasteiger partial charge in [0, 0.05) is 24.4 Å². The van der Waals surface area contributed by atoms with Crippen LogP contribution in [0.2, 0.25) is 5.02 Å². The maximum Gasteiger partial charge on any atom is 0.417 e. The van der Waals surface area contributed by atoms with E-state index in [-0.39, 0.29) is 22.4 Å². The highest BCUT2D eigenvalue weighted by molar-refractivity contribution is 7.99. The van der Waals surface area contributed by atoms with Crippen molar-refractivity contribution in [1.29, 1.82) is 0 Å². The summed E-state index contributed by atoms with van der Waals surface area (Å²) in [6.45, 7) is 1.69. The Morgan fingerprint density at radius 3 is 2.74 bits per heavy atom. The van der Waals surface area contributed by atoms with Crippen LogP contribution in [0.5, 0.6) is 0 Å². The largest absolute Gasteiger partial charge is 0.417 e. The number of nitrogens with one attached hydrogen (secondary N) is 1. The molecule has 124 valence electrons. The van der Waals surface area contributed by atoms with Gasteiger partial charge >= 0.3 is 6.18 Å². The first kappa shape index (κ1) is 17.6. The van der Waals surface area contributed by atoms with Crippen molar-refractivity contribution in [2.24, 2.45) is 0 Å². The number of hydrogen-bond acceptors (Lipinski definition) is 5. The minimum absolute atomic E-state index is 0.0997. The van der Waals surface area contributed by atoms with Crippen molar-refractivity contribution in [3.8, 4) is 0 Å². The highest BCUT2D eigenvalue weighted by Crippen LogP contribution is 2.33. The Kier molecular flexibility index (Phi) is 5.53. The highest BCUT2D eigenvalue weighted by Gasteiger charge is 2.31. The summed E-state index contributed by atoms with van der Waals surface area (Å²) in [6, 6.07) is 2.38. The zero-order chi connectivity index (χ0) is 17.0. The average Bonchev–Trinajstić information content (AvgIpc) is 2.84. The molecule has 1 N–H and O–H groups in total. The van der Waals surface area contributed by atoms with Gasteiger partial charge in [0.2, 0.25) is 5.91 Å². The number of amides is 1. The van der Waals surface area contributed by atoms with Gasteiger partial charge in [0.15, 0.2) is 5.82 Å². The second-order valence-corrected chi connectivity index (χ2v) is 5.97. The number of pyridine rings is 1. The molecule has 0 bridgehead atoms. The van der Waals surface area contributed by atoms with E-state index in [1.165, 1.54) is 0 Å². The minimum Gasteiger partial charge on any atom is -0.360 e. The lowest BCUT2D eigenvalue weighted by Crippen LogP contribution is -2.12. The molecule has 5 nitrogen and oxygen atoms in total. The summed E-state index contributed by atoms with van der Waals surface area (Å²) in [7, 11) is 0. The van der Waals surface area contributed by atoms with E-state index in [1.54, 1.807) is 13.0 Å². The first-order valence-corrected chi connectivity index (χ1v) is 7.71. The fourth-order valence-corrected chi connectivity index (χ4v) is 2.69. The van der Waals surface area contributed by atoms with Crippen LogP contribution in [0.4, 0.5) is 19.0 Å². The topological polar surface area (TPSA) is 68.0 Å². The SMILES string of the molecule is Cc1cc(NC(=O)CCSc2ncc(C(F)(F)F)cc2Cl)no1. The Morgan fingerprint density at radius 1 is 1.43 bits per heavy atom. The zero-order valence-corrected chi connectivity index (χ0v) is 13.3. The number of carbonyl (C=O) groups excluding carboxylic acids is 1. The van der Waals surface area contributed by atoms with Crippen molar-refractivity contribution in [3.05, 3.63) is 34.7 Å². The molecule has 0 aliphatic carbocycles. The molecule has 2 aromatic rings. The van der Waals surface area contributed by atoms with Crippen molar-refractivity contribution in [1.82, 2.24) is 10.1 Å². The Balaban J connectivity index is 1.85. The number of nitrogens with zero attached hydrogens (tertiary/aromatic N) is 2. The van der Waals surface area contributed by atoms with Crippen molar-refractivity contribution in [2.75, 3.05) is 11.1 Å². The van der Waals surface area contributed by atoms with Crippen LogP contribution in [0.25, 0.3) is 0 Å². The predicted octanol–water partition coefficient (Wildman–Crippen LogP) is 4.17. The molecular formula is C13H11ClF3N3O2S. The molecule has 2 heterocycles. The normalized spacial score (nSPS) is 11.5. The van der Waals surface area contributed by atoms with Gasteiger partial charge in [0.1, 0.15) is 10.8 Å². The molecule has 0 saturated heterocycles. The first-order chi connectivity index (χ1) is 10.8. The fourth-order valence-electron chi connectivity index (χ4n) is 1.56. The number of halogens is 4. The maximum atomic E-state index is 12.5. The van der Waals surface area contributed by atoms with Crippen molar-refractivity contribution in [3.63, 3.8) is 0 Å². The summed E-state index contributed by atoms with van der Waals surface area (Å²) in [5.41, 5.74) is -0.911. The van der Waals surface area contributed by atoms with Crippen LogP contribution in [0, 0.1) is 6.92 Å². The number of thioether (sulfide) groups is 1. The van der Waals surface area contributed by atoms with Gasteiger partial charge in [-0.3, -0.25) is 4.79 Å². The molecule has 0 spiro atoms. The number of carbonyl (C=O) groups is 1. The number of rotatable bonds is 5. The van der Waals surface area contributed by atoms with Gasteiger partial charge in [-0.2, -0.15) is 13.2 Å². The van der Waals surface area contributed by atoms with Crippen molar-refractivity contribution >= 4 is 35.1 Å². The van der Waals surface area contributed by atoms with Gasteiger partial charge in [-0.1, -0.05) is 16.8 Å². The summed E-state index contributed by atoms with van der Waals surface area (Å²) in [5.74, 6) is 0.883. The van der Waals surface area contributed by atoms with Crippen molar-refractivity contribution < 1.29 is 22.5 Å². The van der Waals surface area contributed by atoms with Gasteiger partial charge in [-0.25, -0.2) is 4.98 Å². The van der Waals surface area contributed by atoms with Crippen LogP contribution in [0.1, 0.15) is 17.7 Å². The quantitative estimate of drug-likeness (QED) is 0.805. The van der Waals surface area contributed by atoms with Crippen LogP contribution in [-0.4, -0.2) is 21.8 Å². The summed E-state index contributed by atoms with van der Waals surface area (Å²) < 4.78 is 42.3. The van der Waals surface area contributed by atoms with Gasteiger partial charge in [0.05, 0.1) is 10.6 Å². The van der Waals surface area contributed by atoms with E-state index in [1.807, 2.05) is 0 Å². The minimum atomic E-state index is -4.49. The monoisotopic (exact) mass is 365 g/mol. The third kappa shape index (κ3) is 5.14. The summed E-state index contributed by atoms with van der Waals surface area (Å²) in [5, 5.41) is 6.29. The molecule has 2 aromatic heterocycles. The van der Waals surface area contributed by atoms with Crippen molar-refractivity contribution in [2.45, 2.75) is 24.5 Å². The number of aryl methyl sites for hydroxylation is 1. The van der Waals surface area contributed by atoms with Gasteiger partial charge in [-0.15, -0.1) is 11.8 Å². The summed E-state index contributed by atoms with van der Waals surface area (Å²) in [4.78, 5) is 15.4. The lowest BCUT2D eigenvalue weighted by atomic mass is 10.3. The standard InChI is InChI=1S/C13H11ClF3N3O2S/c1-7-4-10(20-22-7)19-11(21)2-3-23-12-9(14)5-8(6-18-12)13(15,16)17/h4-6H,2-3H2,1H3,(H,19,20,21). The van der Waals surface area contributed by atoms with Gasteiger partial charge in [-0.05, 0) is 13.0 Å². The highest BCUT2D eigenvalue weighted by atomic mass is 35.5. The molecular weight excluding hydrogens is 355 g/mol. The smallest absolute Gasteiger partial charge is 0.360 e. The first-order valence-electron chi connectivity index (χ1n) is 6.34. The van der Waals surface area contributed by atoms with E-state index in [2.05, 4.69) is 15.5 Å². The van der Waals surface area contributed by atoms with E-state index in [0.29, 0.717) is 23.5 Å². The number of alkyl halides is 3.